The van der Waals surface area contributed by atoms with Crippen molar-refractivity contribution in [1.82, 2.24) is 0 Å². The summed E-state index contributed by atoms with van der Waals surface area (Å²) >= 11 is 0. The van der Waals surface area contributed by atoms with E-state index in [0.717, 1.165) is 16.5 Å². The Labute approximate surface area is 93.8 Å². The van der Waals surface area contributed by atoms with Crippen molar-refractivity contribution in [2.24, 2.45) is 5.73 Å². The fourth-order valence-corrected chi connectivity index (χ4v) is 1.80. The van der Waals surface area contributed by atoms with Crippen molar-refractivity contribution in [2.45, 2.75) is 6.17 Å². The summed E-state index contributed by atoms with van der Waals surface area (Å²) in [4.78, 5) is 0. The number of fused-ring (bicyclic) bond motifs is 1. The van der Waals surface area contributed by atoms with Crippen molar-refractivity contribution in [2.75, 3.05) is 13.7 Å². The SMILES string of the molecule is COc1ccc2cccc(C(F)CN)c2c1. The highest BCUT2D eigenvalue weighted by molar-refractivity contribution is 5.87. The summed E-state index contributed by atoms with van der Waals surface area (Å²) in [5, 5.41) is 1.86. The molecule has 0 aliphatic rings. The van der Waals surface area contributed by atoms with Gasteiger partial charge in [-0.3, -0.25) is 0 Å². The zero-order chi connectivity index (χ0) is 11.5. The highest BCUT2D eigenvalue weighted by Crippen LogP contribution is 2.29. The van der Waals surface area contributed by atoms with Gasteiger partial charge in [-0.05, 0) is 28.5 Å². The molecule has 1 unspecified atom stereocenters. The number of halogens is 1. The molecule has 84 valence electrons. The van der Waals surface area contributed by atoms with Gasteiger partial charge >= 0.3 is 0 Å². The number of rotatable bonds is 3. The Balaban J connectivity index is 2.64. The van der Waals surface area contributed by atoms with Crippen molar-refractivity contribution in [3.05, 3.63) is 42.0 Å². The van der Waals surface area contributed by atoms with Crippen LogP contribution in [0.1, 0.15) is 11.7 Å². The number of methoxy groups -OCH3 is 1. The van der Waals surface area contributed by atoms with E-state index in [1.165, 1.54) is 0 Å². The Kier molecular flexibility index (Phi) is 3.06. The first-order valence-electron chi connectivity index (χ1n) is 5.17. The van der Waals surface area contributed by atoms with Crippen LogP contribution in [0.25, 0.3) is 10.8 Å². The van der Waals surface area contributed by atoms with Crippen molar-refractivity contribution in [3.8, 4) is 5.75 Å². The van der Waals surface area contributed by atoms with Crippen LogP contribution >= 0.6 is 0 Å². The van der Waals surface area contributed by atoms with Crippen molar-refractivity contribution in [3.63, 3.8) is 0 Å². The van der Waals surface area contributed by atoms with E-state index in [9.17, 15) is 4.39 Å². The topological polar surface area (TPSA) is 35.2 Å². The number of hydrogen-bond donors (Lipinski definition) is 1. The number of nitrogens with two attached hydrogens (primary N) is 1. The van der Waals surface area contributed by atoms with Gasteiger partial charge in [0.2, 0.25) is 0 Å². The smallest absolute Gasteiger partial charge is 0.138 e. The predicted octanol–water partition coefficient (Wildman–Crippen LogP) is 2.82. The molecule has 2 aromatic rings. The van der Waals surface area contributed by atoms with Crippen LogP contribution in [0.5, 0.6) is 5.75 Å². The van der Waals surface area contributed by atoms with E-state index in [-0.39, 0.29) is 6.54 Å². The summed E-state index contributed by atoms with van der Waals surface area (Å²) in [5.41, 5.74) is 5.98. The lowest BCUT2D eigenvalue weighted by Crippen LogP contribution is -2.07. The molecule has 1 atom stereocenters. The molecule has 0 spiro atoms. The van der Waals surface area contributed by atoms with E-state index in [0.29, 0.717) is 5.56 Å². The van der Waals surface area contributed by atoms with Gasteiger partial charge in [-0.25, -0.2) is 4.39 Å². The van der Waals surface area contributed by atoms with Crippen LogP contribution in [0.4, 0.5) is 4.39 Å². The van der Waals surface area contributed by atoms with Gasteiger partial charge in [0.1, 0.15) is 11.9 Å². The maximum absolute atomic E-state index is 13.7. The van der Waals surface area contributed by atoms with Gasteiger partial charge in [0.15, 0.2) is 0 Å². The maximum atomic E-state index is 13.7. The fourth-order valence-electron chi connectivity index (χ4n) is 1.80. The number of ether oxygens (including phenoxy) is 1. The Bertz CT molecular complexity index is 498. The summed E-state index contributed by atoms with van der Waals surface area (Å²) in [6, 6.07) is 11.2. The first kappa shape index (κ1) is 10.9. The number of benzene rings is 2. The zero-order valence-electron chi connectivity index (χ0n) is 9.11. The van der Waals surface area contributed by atoms with Gasteiger partial charge in [0.05, 0.1) is 7.11 Å². The van der Waals surface area contributed by atoms with Gasteiger partial charge < -0.3 is 10.5 Å². The summed E-state index contributed by atoms with van der Waals surface area (Å²) in [5.74, 6) is 0.726. The van der Waals surface area contributed by atoms with Gasteiger partial charge in [-0.15, -0.1) is 0 Å². The van der Waals surface area contributed by atoms with E-state index in [1.54, 1.807) is 13.2 Å². The Morgan fingerprint density at radius 3 is 2.81 bits per heavy atom. The Morgan fingerprint density at radius 2 is 2.12 bits per heavy atom. The average Bonchev–Trinajstić information content (AvgIpc) is 2.36. The van der Waals surface area contributed by atoms with E-state index in [1.807, 2.05) is 30.3 Å². The van der Waals surface area contributed by atoms with Gasteiger partial charge in [-0.1, -0.05) is 24.3 Å². The molecule has 0 aliphatic carbocycles. The molecule has 2 rings (SSSR count). The minimum atomic E-state index is -1.13. The van der Waals surface area contributed by atoms with E-state index >= 15 is 0 Å². The Hall–Kier alpha value is -1.61. The highest BCUT2D eigenvalue weighted by atomic mass is 19.1. The molecular formula is C13H14FNO. The minimum Gasteiger partial charge on any atom is -0.497 e. The second-order valence-electron chi connectivity index (χ2n) is 3.64. The highest BCUT2D eigenvalue weighted by Gasteiger charge is 2.11. The lowest BCUT2D eigenvalue weighted by Gasteiger charge is -2.10. The quantitative estimate of drug-likeness (QED) is 0.861. The molecule has 0 amide bonds. The van der Waals surface area contributed by atoms with Crippen LogP contribution in [-0.4, -0.2) is 13.7 Å². The standard InChI is InChI=1S/C13H14FNO/c1-16-10-6-5-9-3-2-4-11(12(9)7-10)13(14)8-15/h2-7,13H,8,15H2,1H3. The van der Waals surface area contributed by atoms with Crippen LogP contribution in [0.15, 0.2) is 36.4 Å². The van der Waals surface area contributed by atoms with Gasteiger partial charge in [-0.2, -0.15) is 0 Å². The molecule has 3 heteroatoms. The van der Waals surface area contributed by atoms with Crippen LogP contribution in [0.3, 0.4) is 0 Å². The summed E-state index contributed by atoms with van der Waals surface area (Å²) in [7, 11) is 1.60. The van der Waals surface area contributed by atoms with E-state index in [4.69, 9.17) is 10.5 Å². The van der Waals surface area contributed by atoms with E-state index < -0.39 is 6.17 Å². The van der Waals surface area contributed by atoms with Crippen LogP contribution < -0.4 is 10.5 Å². The molecule has 0 aliphatic heterocycles. The third-order valence-electron chi connectivity index (χ3n) is 2.67. The molecule has 0 radical (unpaired) electrons. The monoisotopic (exact) mass is 219 g/mol. The third-order valence-corrected chi connectivity index (χ3v) is 2.67. The second kappa shape index (κ2) is 4.49. The van der Waals surface area contributed by atoms with E-state index in [2.05, 4.69) is 0 Å². The molecule has 2 nitrogen and oxygen atoms in total. The predicted molar refractivity (Wildman–Crippen MR) is 63.4 cm³/mol. The molecule has 2 N–H and O–H groups in total. The van der Waals surface area contributed by atoms with Crippen molar-refractivity contribution in [1.29, 1.82) is 0 Å². The second-order valence-corrected chi connectivity index (χ2v) is 3.64. The molecule has 0 heterocycles. The van der Waals surface area contributed by atoms with Gasteiger partial charge in [0.25, 0.3) is 0 Å². The first-order valence-corrected chi connectivity index (χ1v) is 5.17. The van der Waals surface area contributed by atoms with Crippen LogP contribution in [0.2, 0.25) is 0 Å². The molecule has 0 aromatic heterocycles. The molecule has 16 heavy (non-hydrogen) atoms. The molecule has 0 saturated carbocycles. The van der Waals surface area contributed by atoms with Gasteiger partial charge in [0, 0.05) is 6.54 Å². The summed E-state index contributed by atoms with van der Waals surface area (Å²) in [6.45, 7) is -0.00365. The Morgan fingerprint density at radius 1 is 1.31 bits per heavy atom. The lowest BCUT2D eigenvalue weighted by molar-refractivity contribution is 0.355. The number of hydrogen-bond acceptors (Lipinski definition) is 2. The van der Waals surface area contributed by atoms with Crippen molar-refractivity contribution < 1.29 is 9.13 Å². The van der Waals surface area contributed by atoms with Crippen molar-refractivity contribution >= 4 is 10.8 Å². The largest absolute Gasteiger partial charge is 0.497 e. The zero-order valence-corrected chi connectivity index (χ0v) is 9.11. The summed E-state index contributed by atoms with van der Waals surface area (Å²) in [6.07, 6.45) is -1.13. The molecular weight excluding hydrogens is 205 g/mol. The molecule has 0 fully saturated rings. The normalized spacial score (nSPS) is 12.7. The number of alkyl halides is 1. The molecule has 2 aromatic carbocycles. The van der Waals surface area contributed by atoms with Crippen LogP contribution in [0, 0.1) is 0 Å². The first-order chi connectivity index (χ1) is 7.76. The van der Waals surface area contributed by atoms with Crippen LogP contribution in [-0.2, 0) is 0 Å². The molecule has 0 saturated heterocycles. The third kappa shape index (κ3) is 1.86. The fraction of sp³-hybridized carbons (Fsp3) is 0.231. The lowest BCUT2D eigenvalue weighted by atomic mass is 10.0. The minimum absolute atomic E-state index is 0.00365. The maximum Gasteiger partial charge on any atom is 0.138 e. The molecule has 0 bridgehead atoms. The summed E-state index contributed by atoms with van der Waals surface area (Å²) < 4.78 is 18.8. The average molecular weight is 219 g/mol.